The zero-order chi connectivity index (χ0) is 18.1. The first-order valence-electron chi connectivity index (χ1n) is 9.50. The van der Waals surface area contributed by atoms with Crippen molar-refractivity contribution >= 4 is 17.8 Å². The molecule has 2 fully saturated rings. The first-order valence-corrected chi connectivity index (χ1v) is 9.50. The molecule has 1 unspecified atom stereocenters. The predicted molar refractivity (Wildman–Crippen MR) is 94.5 cm³/mol. The lowest BCUT2D eigenvalue weighted by Crippen LogP contribution is -2.55. The van der Waals surface area contributed by atoms with Crippen LogP contribution in [-0.4, -0.2) is 59.9 Å². The van der Waals surface area contributed by atoms with Crippen molar-refractivity contribution in [2.24, 2.45) is 5.92 Å². The Morgan fingerprint density at radius 2 is 1.54 bits per heavy atom. The van der Waals surface area contributed by atoms with E-state index in [-0.39, 0.29) is 17.7 Å². The molecule has 2 amide bonds. The summed E-state index contributed by atoms with van der Waals surface area (Å²) in [6.07, 6.45) is 3.94. The van der Waals surface area contributed by atoms with Gasteiger partial charge in [0.25, 0.3) is 5.91 Å². The highest BCUT2D eigenvalue weighted by molar-refractivity contribution is 5.95. The number of benzene rings is 1. The van der Waals surface area contributed by atoms with E-state index in [1.54, 1.807) is 17.0 Å². The number of hydrogen-bond donors (Lipinski definition) is 0. The van der Waals surface area contributed by atoms with E-state index in [9.17, 15) is 14.4 Å². The minimum Gasteiger partial charge on any atom is -0.448 e. The van der Waals surface area contributed by atoms with Crippen LogP contribution in [0.15, 0.2) is 24.3 Å². The molecule has 138 valence electrons. The molecule has 6 nitrogen and oxygen atoms in total. The van der Waals surface area contributed by atoms with Crippen molar-refractivity contribution in [2.45, 2.75) is 38.2 Å². The molecule has 0 aromatic heterocycles. The largest absolute Gasteiger partial charge is 0.448 e. The third kappa shape index (κ3) is 3.20. The molecule has 1 saturated heterocycles. The topological polar surface area (TPSA) is 66.9 Å². The van der Waals surface area contributed by atoms with E-state index in [0.29, 0.717) is 38.2 Å². The van der Waals surface area contributed by atoms with Crippen molar-refractivity contribution < 1.29 is 19.1 Å². The lowest BCUT2D eigenvalue weighted by atomic mass is 9.98. The van der Waals surface area contributed by atoms with E-state index in [2.05, 4.69) is 0 Å². The van der Waals surface area contributed by atoms with E-state index in [1.165, 1.54) is 0 Å². The van der Waals surface area contributed by atoms with Gasteiger partial charge in [-0.05, 0) is 24.5 Å². The minimum absolute atomic E-state index is 0.152. The molecule has 0 bridgehead atoms. The van der Waals surface area contributed by atoms with E-state index in [0.717, 1.165) is 31.2 Å². The van der Waals surface area contributed by atoms with Gasteiger partial charge in [-0.3, -0.25) is 9.59 Å². The maximum absolute atomic E-state index is 12.8. The second-order valence-corrected chi connectivity index (χ2v) is 7.39. The third-order valence-corrected chi connectivity index (χ3v) is 5.77. The zero-order valence-electron chi connectivity index (χ0n) is 14.9. The van der Waals surface area contributed by atoms with Crippen molar-refractivity contribution in [3.05, 3.63) is 35.4 Å². The summed E-state index contributed by atoms with van der Waals surface area (Å²) >= 11 is 0. The standard InChI is InChI=1S/C20H24N2O4/c23-18(14-5-1-2-6-14)21-9-11-22(12-10-21)19(24)17-13-15-7-3-4-8-16(15)20(25)26-17/h3-4,7-8,14,17H,1-2,5-6,9-13H2. The molecule has 3 aliphatic rings. The summed E-state index contributed by atoms with van der Waals surface area (Å²) in [4.78, 5) is 41.0. The molecule has 1 aromatic rings. The Morgan fingerprint density at radius 1 is 0.923 bits per heavy atom. The molecule has 4 rings (SSSR count). The molecule has 26 heavy (non-hydrogen) atoms. The van der Waals surface area contributed by atoms with Gasteiger partial charge in [0, 0.05) is 38.5 Å². The van der Waals surface area contributed by atoms with Gasteiger partial charge in [-0.25, -0.2) is 4.79 Å². The Morgan fingerprint density at radius 3 is 2.23 bits per heavy atom. The lowest BCUT2D eigenvalue weighted by molar-refractivity contribution is -0.147. The molecule has 1 aliphatic carbocycles. The normalized spacial score (nSPS) is 23.5. The Bertz CT molecular complexity index is 718. The van der Waals surface area contributed by atoms with Crippen molar-refractivity contribution in [1.29, 1.82) is 0 Å². The molecular weight excluding hydrogens is 332 g/mol. The van der Waals surface area contributed by atoms with Crippen LogP contribution in [0.1, 0.15) is 41.6 Å². The van der Waals surface area contributed by atoms with Gasteiger partial charge < -0.3 is 14.5 Å². The summed E-state index contributed by atoms with van der Waals surface area (Å²) in [5.41, 5.74) is 1.40. The highest BCUT2D eigenvalue weighted by Gasteiger charge is 2.36. The van der Waals surface area contributed by atoms with Gasteiger partial charge in [0.05, 0.1) is 5.56 Å². The van der Waals surface area contributed by atoms with E-state index < -0.39 is 12.1 Å². The van der Waals surface area contributed by atoms with Crippen LogP contribution in [0.3, 0.4) is 0 Å². The summed E-state index contributed by atoms with van der Waals surface area (Å²) in [5.74, 6) is -0.165. The number of nitrogens with zero attached hydrogens (tertiary/aromatic N) is 2. The number of piperazine rings is 1. The monoisotopic (exact) mass is 356 g/mol. The second kappa shape index (κ2) is 7.09. The Labute approximate surface area is 153 Å². The lowest BCUT2D eigenvalue weighted by Gasteiger charge is -2.37. The zero-order valence-corrected chi connectivity index (χ0v) is 14.9. The number of ether oxygens (including phenoxy) is 1. The number of hydrogen-bond acceptors (Lipinski definition) is 4. The maximum Gasteiger partial charge on any atom is 0.339 e. The van der Waals surface area contributed by atoms with E-state index in [1.807, 2.05) is 17.0 Å². The van der Waals surface area contributed by atoms with Crippen molar-refractivity contribution in [3.8, 4) is 0 Å². The molecule has 0 radical (unpaired) electrons. The number of esters is 1. The van der Waals surface area contributed by atoms with Gasteiger partial charge in [0.2, 0.25) is 5.91 Å². The average molecular weight is 356 g/mol. The fourth-order valence-corrected chi connectivity index (χ4v) is 4.25. The van der Waals surface area contributed by atoms with Crippen LogP contribution in [0.2, 0.25) is 0 Å². The fraction of sp³-hybridized carbons (Fsp3) is 0.550. The maximum atomic E-state index is 12.8. The summed E-state index contributed by atoms with van der Waals surface area (Å²) in [5, 5.41) is 0. The van der Waals surface area contributed by atoms with Gasteiger partial charge in [-0.1, -0.05) is 31.0 Å². The van der Waals surface area contributed by atoms with Crippen LogP contribution in [0, 0.1) is 5.92 Å². The summed E-state index contributed by atoms with van der Waals surface area (Å²) in [7, 11) is 0. The Kier molecular flexibility index (Phi) is 4.66. The molecule has 2 heterocycles. The van der Waals surface area contributed by atoms with Crippen LogP contribution >= 0.6 is 0 Å². The highest BCUT2D eigenvalue weighted by Crippen LogP contribution is 2.27. The number of fused-ring (bicyclic) bond motifs is 1. The molecule has 6 heteroatoms. The van der Waals surface area contributed by atoms with Gasteiger partial charge in [0.15, 0.2) is 6.10 Å². The molecule has 0 spiro atoms. The number of carbonyl (C=O) groups is 3. The SMILES string of the molecule is O=C1OC(C(=O)N2CCN(C(=O)C3CCCC3)CC2)Cc2ccccc21. The molecular formula is C20H24N2O4. The first-order chi connectivity index (χ1) is 12.6. The van der Waals surface area contributed by atoms with Gasteiger partial charge in [-0.15, -0.1) is 0 Å². The highest BCUT2D eigenvalue weighted by atomic mass is 16.5. The van der Waals surface area contributed by atoms with Gasteiger partial charge >= 0.3 is 5.97 Å². The van der Waals surface area contributed by atoms with Crippen LogP contribution in [-0.2, 0) is 20.7 Å². The first kappa shape index (κ1) is 17.1. The number of amides is 2. The molecule has 1 aromatic carbocycles. The quantitative estimate of drug-likeness (QED) is 0.756. The molecule has 0 N–H and O–H groups in total. The van der Waals surface area contributed by atoms with Gasteiger partial charge in [-0.2, -0.15) is 0 Å². The van der Waals surface area contributed by atoms with Crippen LogP contribution in [0.25, 0.3) is 0 Å². The summed E-state index contributed by atoms with van der Waals surface area (Å²) in [6, 6.07) is 7.26. The van der Waals surface area contributed by atoms with Crippen LogP contribution < -0.4 is 0 Å². The number of rotatable bonds is 2. The molecule has 2 aliphatic heterocycles. The van der Waals surface area contributed by atoms with Crippen LogP contribution in [0.4, 0.5) is 0 Å². The van der Waals surface area contributed by atoms with Crippen molar-refractivity contribution in [1.82, 2.24) is 9.80 Å². The fourth-order valence-electron chi connectivity index (χ4n) is 4.25. The van der Waals surface area contributed by atoms with Crippen molar-refractivity contribution in [3.63, 3.8) is 0 Å². The predicted octanol–water partition coefficient (Wildman–Crippen LogP) is 1.63. The number of cyclic esters (lactones) is 1. The summed E-state index contributed by atoms with van der Waals surface area (Å²) < 4.78 is 5.37. The average Bonchev–Trinajstić information content (AvgIpc) is 3.22. The van der Waals surface area contributed by atoms with Gasteiger partial charge in [0.1, 0.15) is 0 Å². The smallest absolute Gasteiger partial charge is 0.339 e. The Hall–Kier alpha value is -2.37. The molecule has 1 saturated carbocycles. The summed E-state index contributed by atoms with van der Waals surface area (Å²) in [6.45, 7) is 2.15. The van der Waals surface area contributed by atoms with Crippen molar-refractivity contribution in [2.75, 3.05) is 26.2 Å². The molecule has 1 atom stereocenters. The minimum atomic E-state index is -0.755. The Balaban J connectivity index is 1.35. The van der Waals surface area contributed by atoms with E-state index >= 15 is 0 Å². The van der Waals surface area contributed by atoms with Crippen LogP contribution in [0.5, 0.6) is 0 Å². The third-order valence-electron chi connectivity index (χ3n) is 5.77. The second-order valence-electron chi connectivity index (χ2n) is 7.39. The number of carbonyl (C=O) groups excluding carboxylic acids is 3. The van der Waals surface area contributed by atoms with E-state index in [4.69, 9.17) is 4.74 Å².